The molecule has 2 saturated heterocycles. The van der Waals surface area contributed by atoms with E-state index in [1.54, 1.807) is 26.2 Å². The van der Waals surface area contributed by atoms with Gasteiger partial charge in [0.25, 0.3) is 5.91 Å². The fourth-order valence-electron chi connectivity index (χ4n) is 6.76. The Morgan fingerprint density at radius 3 is 2.40 bits per heavy atom. The number of benzene rings is 1. The highest BCUT2D eigenvalue weighted by Crippen LogP contribution is 2.28. The van der Waals surface area contributed by atoms with Gasteiger partial charge in [-0.05, 0) is 61.9 Å². The second-order valence-electron chi connectivity index (χ2n) is 12.2. The number of piperazine rings is 1. The molecule has 43 heavy (non-hydrogen) atoms. The number of aryl methyl sites for hydroxylation is 1. The zero-order valence-electron chi connectivity index (χ0n) is 25.4. The number of fused-ring (bicyclic) bond motifs is 1. The predicted molar refractivity (Wildman–Crippen MR) is 163 cm³/mol. The van der Waals surface area contributed by atoms with E-state index in [4.69, 9.17) is 0 Å². The first kappa shape index (κ1) is 30.7. The number of anilines is 1. The predicted octanol–water partition coefficient (Wildman–Crippen LogP) is 2.48. The van der Waals surface area contributed by atoms with Crippen LogP contribution in [0.5, 0.6) is 0 Å². The molecule has 0 spiro atoms. The monoisotopic (exact) mass is 591 g/mol. The number of rotatable bonds is 10. The molecule has 3 atom stereocenters. The van der Waals surface area contributed by atoms with Gasteiger partial charge in [-0.25, -0.2) is 0 Å². The van der Waals surface area contributed by atoms with Crippen molar-refractivity contribution >= 4 is 29.3 Å². The zero-order valence-corrected chi connectivity index (χ0v) is 25.4. The second-order valence-corrected chi connectivity index (χ2v) is 12.2. The van der Waals surface area contributed by atoms with Crippen LogP contribution >= 0.6 is 0 Å². The fraction of sp³-hybridized carbons (Fsp3) is 0.594. The van der Waals surface area contributed by atoms with E-state index in [0.29, 0.717) is 43.4 Å². The maximum absolute atomic E-state index is 13.6. The van der Waals surface area contributed by atoms with Crippen LogP contribution in [0.25, 0.3) is 0 Å². The lowest BCUT2D eigenvalue weighted by Gasteiger charge is -2.39. The van der Waals surface area contributed by atoms with Gasteiger partial charge in [-0.3, -0.25) is 28.8 Å². The van der Waals surface area contributed by atoms with E-state index in [0.717, 1.165) is 57.2 Å². The lowest BCUT2D eigenvalue weighted by Crippen LogP contribution is -2.57. The highest BCUT2D eigenvalue weighted by Gasteiger charge is 2.35. The largest absolute Gasteiger partial charge is 0.344 e. The van der Waals surface area contributed by atoms with Crippen LogP contribution in [0.1, 0.15) is 74.3 Å². The number of carbonyl (C=O) groups is 4. The molecule has 0 unspecified atom stereocenters. The van der Waals surface area contributed by atoms with Crippen LogP contribution in [0.3, 0.4) is 0 Å². The Morgan fingerprint density at radius 1 is 0.930 bits per heavy atom. The van der Waals surface area contributed by atoms with Crippen molar-refractivity contribution in [3.05, 3.63) is 47.8 Å². The summed E-state index contributed by atoms with van der Waals surface area (Å²) in [7, 11) is 1.70. The molecule has 1 aromatic carbocycles. The van der Waals surface area contributed by atoms with Gasteiger partial charge >= 0.3 is 0 Å². The molecule has 0 bridgehead atoms. The molecule has 11 heteroatoms. The van der Waals surface area contributed by atoms with Gasteiger partial charge in [0.1, 0.15) is 17.8 Å². The number of hydrogen-bond donors (Lipinski definition) is 3. The topological polar surface area (TPSA) is 129 Å². The second kappa shape index (κ2) is 14.2. The molecule has 5 rings (SSSR count). The van der Waals surface area contributed by atoms with Gasteiger partial charge in [0.05, 0.1) is 0 Å². The Bertz CT molecular complexity index is 1290. The molecule has 11 nitrogen and oxygen atoms in total. The molecule has 2 aromatic rings. The third-order valence-electron chi connectivity index (χ3n) is 9.26. The molecule has 3 heterocycles. The third-order valence-corrected chi connectivity index (χ3v) is 9.26. The fourth-order valence-corrected chi connectivity index (χ4v) is 6.76. The zero-order chi connectivity index (χ0) is 30.3. The van der Waals surface area contributed by atoms with Gasteiger partial charge in [-0.1, -0.05) is 38.3 Å². The maximum atomic E-state index is 13.6. The third kappa shape index (κ3) is 7.62. The van der Waals surface area contributed by atoms with Crippen molar-refractivity contribution in [2.24, 2.45) is 13.0 Å². The van der Waals surface area contributed by atoms with Crippen molar-refractivity contribution in [2.45, 2.75) is 82.8 Å². The summed E-state index contributed by atoms with van der Waals surface area (Å²) >= 11 is 0. The smallest absolute Gasteiger partial charge is 0.270 e. The Kier molecular flexibility index (Phi) is 10.1. The van der Waals surface area contributed by atoms with Gasteiger partial charge in [0.15, 0.2) is 0 Å². The maximum Gasteiger partial charge on any atom is 0.270 e. The van der Waals surface area contributed by atoms with Crippen LogP contribution in [0.4, 0.5) is 5.69 Å². The SMILES string of the molecule is CCC(=O)N[C@H](Cc1ccc(NC(=O)[C@@H](NC(=O)c2ccnn2C)C2CCCCC2)cc1)C(=O)N1CCN2CCC[C@H]2C1. The van der Waals surface area contributed by atoms with Crippen molar-refractivity contribution in [3.8, 4) is 0 Å². The standard InChI is InChI=1S/C32H45N7O4/c1-3-28(40)35-26(32(43)39-19-18-38-17-7-10-25(38)21-39)20-22-11-13-24(14-12-22)34-31(42)29(23-8-5-4-6-9-23)36-30(41)27-15-16-33-37(27)2/h11-16,23,25-26,29H,3-10,17-21H2,1-2H3,(H,34,42)(H,35,40)(H,36,41)/t25-,26+,29-/m0/s1. The summed E-state index contributed by atoms with van der Waals surface area (Å²) in [6.45, 7) is 5.15. The normalized spacial score (nSPS) is 20.6. The number of aromatic nitrogens is 2. The van der Waals surface area contributed by atoms with Crippen LogP contribution in [0, 0.1) is 5.92 Å². The van der Waals surface area contributed by atoms with E-state index in [1.807, 2.05) is 29.2 Å². The average Bonchev–Trinajstić information content (AvgIpc) is 3.68. The number of nitrogens with zero attached hydrogens (tertiary/aromatic N) is 4. The molecule has 0 radical (unpaired) electrons. The summed E-state index contributed by atoms with van der Waals surface area (Å²) in [5.41, 5.74) is 1.91. The highest BCUT2D eigenvalue weighted by atomic mass is 16.2. The van der Waals surface area contributed by atoms with Crippen LogP contribution in [-0.2, 0) is 27.9 Å². The van der Waals surface area contributed by atoms with Gasteiger partial charge in [0, 0.05) is 57.4 Å². The average molecular weight is 592 g/mol. The lowest BCUT2D eigenvalue weighted by molar-refractivity contribution is -0.138. The molecule has 3 fully saturated rings. The molecular weight excluding hydrogens is 546 g/mol. The minimum atomic E-state index is -0.658. The summed E-state index contributed by atoms with van der Waals surface area (Å²) in [4.78, 5) is 56.8. The Hall–Kier alpha value is -3.73. The first-order valence-corrected chi connectivity index (χ1v) is 15.8. The number of amides is 4. The summed E-state index contributed by atoms with van der Waals surface area (Å²) in [6, 6.07) is 8.14. The van der Waals surface area contributed by atoms with E-state index in [-0.39, 0.29) is 29.5 Å². The van der Waals surface area contributed by atoms with Crippen LogP contribution < -0.4 is 16.0 Å². The summed E-state index contributed by atoms with van der Waals surface area (Å²) in [6.07, 6.45) is 9.51. The number of hydrogen-bond acceptors (Lipinski definition) is 6. The van der Waals surface area contributed by atoms with Gasteiger partial charge < -0.3 is 20.9 Å². The van der Waals surface area contributed by atoms with Crippen LogP contribution in [0.15, 0.2) is 36.5 Å². The van der Waals surface area contributed by atoms with Crippen LogP contribution in [0.2, 0.25) is 0 Å². The molecule has 4 amide bonds. The van der Waals surface area contributed by atoms with Gasteiger partial charge in [0.2, 0.25) is 17.7 Å². The molecule has 3 N–H and O–H groups in total. The molecule has 2 aliphatic heterocycles. The van der Waals surface area contributed by atoms with Crippen molar-refractivity contribution in [3.63, 3.8) is 0 Å². The quantitative estimate of drug-likeness (QED) is 0.390. The van der Waals surface area contributed by atoms with Crippen molar-refractivity contribution < 1.29 is 19.2 Å². The Balaban J connectivity index is 1.24. The van der Waals surface area contributed by atoms with E-state index in [1.165, 1.54) is 11.1 Å². The van der Waals surface area contributed by atoms with E-state index >= 15 is 0 Å². The van der Waals surface area contributed by atoms with Crippen molar-refractivity contribution in [1.29, 1.82) is 0 Å². The number of nitrogens with one attached hydrogen (secondary N) is 3. The summed E-state index contributed by atoms with van der Waals surface area (Å²) in [5, 5.41) is 13.0. The molecule has 1 aliphatic carbocycles. The van der Waals surface area contributed by atoms with E-state index in [9.17, 15) is 19.2 Å². The Labute approximate surface area is 253 Å². The first-order valence-electron chi connectivity index (χ1n) is 15.8. The molecule has 1 aromatic heterocycles. The molecule has 232 valence electrons. The minimum Gasteiger partial charge on any atom is -0.344 e. The molecule has 3 aliphatic rings. The van der Waals surface area contributed by atoms with Crippen molar-refractivity contribution in [1.82, 2.24) is 30.2 Å². The van der Waals surface area contributed by atoms with E-state index in [2.05, 4.69) is 25.9 Å². The van der Waals surface area contributed by atoms with Crippen molar-refractivity contribution in [2.75, 3.05) is 31.5 Å². The lowest BCUT2D eigenvalue weighted by atomic mass is 9.83. The van der Waals surface area contributed by atoms with E-state index < -0.39 is 12.1 Å². The van der Waals surface area contributed by atoms with Gasteiger partial charge in [-0.15, -0.1) is 0 Å². The number of carbonyl (C=O) groups excluding carboxylic acids is 4. The van der Waals surface area contributed by atoms with Gasteiger partial charge in [-0.2, -0.15) is 5.10 Å². The Morgan fingerprint density at radius 2 is 1.70 bits per heavy atom. The molecular formula is C32H45N7O4. The first-order chi connectivity index (χ1) is 20.8. The summed E-state index contributed by atoms with van der Waals surface area (Å²) < 4.78 is 1.50. The highest BCUT2D eigenvalue weighted by molar-refractivity contribution is 6.00. The van der Waals surface area contributed by atoms with Crippen LogP contribution in [-0.4, -0.2) is 87.5 Å². The summed E-state index contributed by atoms with van der Waals surface area (Å²) in [5.74, 6) is -0.691. The minimum absolute atomic E-state index is 0.0368. The molecule has 1 saturated carbocycles.